The molecule has 0 atom stereocenters. The lowest BCUT2D eigenvalue weighted by atomic mass is 9.75. The lowest BCUT2D eigenvalue weighted by Crippen LogP contribution is -2.38. The minimum absolute atomic E-state index is 0.466. The maximum absolute atomic E-state index is 5.54. The number of hydrogen-bond acceptors (Lipinski definition) is 4. The third kappa shape index (κ3) is 4.01. The summed E-state index contributed by atoms with van der Waals surface area (Å²) in [7, 11) is 2.23. The van der Waals surface area contributed by atoms with E-state index >= 15 is 0 Å². The van der Waals surface area contributed by atoms with Crippen LogP contribution in [0.25, 0.3) is 0 Å². The van der Waals surface area contributed by atoms with E-state index in [-0.39, 0.29) is 0 Å². The summed E-state index contributed by atoms with van der Waals surface area (Å²) in [5.74, 6) is 0. The maximum atomic E-state index is 5.54. The van der Waals surface area contributed by atoms with Crippen LogP contribution in [0.4, 0.5) is 0 Å². The van der Waals surface area contributed by atoms with Gasteiger partial charge in [0.25, 0.3) is 0 Å². The molecule has 1 saturated carbocycles. The number of nitrogens with zero attached hydrogens (tertiary/aromatic N) is 4. The molecule has 0 aliphatic heterocycles. The minimum atomic E-state index is 0.466. The fourth-order valence-corrected chi connectivity index (χ4v) is 2.81. The Bertz CT molecular complexity index is 388. The highest BCUT2D eigenvalue weighted by atomic mass is 15.4. The van der Waals surface area contributed by atoms with Gasteiger partial charge in [-0.25, -0.2) is 0 Å². The van der Waals surface area contributed by atoms with Gasteiger partial charge in [-0.3, -0.25) is 4.68 Å². The van der Waals surface area contributed by atoms with Gasteiger partial charge >= 0.3 is 0 Å². The molecule has 1 aromatic rings. The largest absolute Gasteiger partial charge is 0.325 e. The van der Waals surface area contributed by atoms with Gasteiger partial charge in [0, 0.05) is 25.3 Å². The summed E-state index contributed by atoms with van der Waals surface area (Å²) in [6.45, 7) is 7.15. The number of rotatable bonds is 5. The van der Waals surface area contributed by atoms with E-state index in [0.717, 1.165) is 24.8 Å². The standard InChI is InChI=1S/C14H27N5/c1-14(2)6-4-13(5-7-14)18(3)8-9-19-11-12(10-15)16-17-19/h11,13H,4-10,15H2,1-3H3. The van der Waals surface area contributed by atoms with Gasteiger partial charge in [-0.1, -0.05) is 19.1 Å². The fourth-order valence-electron chi connectivity index (χ4n) is 2.81. The van der Waals surface area contributed by atoms with E-state index in [9.17, 15) is 0 Å². The smallest absolute Gasteiger partial charge is 0.0962 e. The van der Waals surface area contributed by atoms with E-state index in [4.69, 9.17) is 5.73 Å². The average Bonchev–Trinajstić information content (AvgIpc) is 2.84. The Labute approximate surface area is 116 Å². The molecule has 0 saturated heterocycles. The van der Waals surface area contributed by atoms with Crippen LogP contribution in [0.15, 0.2) is 6.20 Å². The molecule has 5 nitrogen and oxygen atoms in total. The van der Waals surface area contributed by atoms with Crippen molar-refractivity contribution in [1.82, 2.24) is 19.9 Å². The molecule has 19 heavy (non-hydrogen) atoms. The van der Waals surface area contributed by atoms with Gasteiger partial charge in [0.1, 0.15) is 0 Å². The van der Waals surface area contributed by atoms with Crippen molar-refractivity contribution in [3.8, 4) is 0 Å². The first-order valence-electron chi connectivity index (χ1n) is 7.29. The molecule has 1 aromatic heterocycles. The van der Waals surface area contributed by atoms with Gasteiger partial charge < -0.3 is 10.6 Å². The second-order valence-electron chi connectivity index (χ2n) is 6.55. The third-order valence-corrected chi connectivity index (χ3v) is 4.41. The Kier molecular flexibility index (Phi) is 4.58. The molecule has 1 heterocycles. The van der Waals surface area contributed by atoms with E-state index in [1.54, 1.807) is 0 Å². The third-order valence-electron chi connectivity index (χ3n) is 4.41. The fraction of sp³-hybridized carbons (Fsp3) is 0.857. The molecule has 108 valence electrons. The first kappa shape index (κ1) is 14.5. The molecule has 0 amide bonds. The predicted molar refractivity (Wildman–Crippen MR) is 76.6 cm³/mol. The van der Waals surface area contributed by atoms with Gasteiger partial charge in [-0.05, 0) is 38.1 Å². The molecule has 1 aliphatic carbocycles. The first-order valence-corrected chi connectivity index (χ1v) is 7.29. The first-order chi connectivity index (χ1) is 9.00. The quantitative estimate of drug-likeness (QED) is 0.879. The number of likely N-dealkylation sites (N-methyl/N-ethyl adjacent to an activating group) is 1. The van der Waals surface area contributed by atoms with Gasteiger partial charge in [-0.2, -0.15) is 0 Å². The summed E-state index contributed by atoms with van der Waals surface area (Å²) >= 11 is 0. The summed E-state index contributed by atoms with van der Waals surface area (Å²) in [6, 6.07) is 0.727. The van der Waals surface area contributed by atoms with Crippen molar-refractivity contribution >= 4 is 0 Å². The van der Waals surface area contributed by atoms with E-state index < -0.39 is 0 Å². The molecule has 0 aromatic carbocycles. The highest BCUT2D eigenvalue weighted by molar-refractivity contribution is 4.90. The van der Waals surface area contributed by atoms with Gasteiger partial charge in [0.05, 0.1) is 12.2 Å². The molecule has 2 N–H and O–H groups in total. The van der Waals surface area contributed by atoms with Crippen LogP contribution in [-0.4, -0.2) is 39.5 Å². The molecule has 2 rings (SSSR count). The van der Waals surface area contributed by atoms with Crippen LogP contribution >= 0.6 is 0 Å². The van der Waals surface area contributed by atoms with Crippen LogP contribution in [0.1, 0.15) is 45.2 Å². The van der Waals surface area contributed by atoms with Gasteiger partial charge in [0.15, 0.2) is 0 Å². The van der Waals surface area contributed by atoms with Crippen LogP contribution in [0, 0.1) is 5.41 Å². The normalized spacial score (nSPS) is 20.1. The number of nitrogens with two attached hydrogens (primary N) is 1. The average molecular weight is 265 g/mol. The number of aromatic nitrogens is 3. The summed E-state index contributed by atoms with van der Waals surface area (Å²) in [5, 5.41) is 8.10. The zero-order valence-electron chi connectivity index (χ0n) is 12.5. The van der Waals surface area contributed by atoms with E-state index in [1.807, 2.05) is 10.9 Å². The van der Waals surface area contributed by atoms with Crippen molar-refractivity contribution in [3.05, 3.63) is 11.9 Å². The Morgan fingerprint density at radius 1 is 1.42 bits per heavy atom. The summed E-state index contributed by atoms with van der Waals surface area (Å²) in [4.78, 5) is 2.47. The topological polar surface area (TPSA) is 60.0 Å². The van der Waals surface area contributed by atoms with Gasteiger partial charge in [0.2, 0.25) is 0 Å². The molecule has 5 heteroatoms. The molecule has 0 spiro atoms. The van der Waals surface area contributed by atoms with Crippen molar-refractivity contribution in [1.29, 1.82) is 0 Å². The zero-order valence-corrected chi connectivity index (χ0v) is 12.5. The Morgan fingerprint density at radius 2 is 2.11 bits per heavy atom. The Hall–Kier alpha value is -0.940. The van der Waals surface area contributed by atoms with E-state index in [0.29, 0.717) is 12.0 Å². The SMILES string of the molecule is CN(CCn1cc(CN)nn1)C1CCC(C)(C)CC1. The van der Waals surface area contributed by atoms with Crippen LogP contribution in [0.3, 0.4) is 0 Å². The van der Waals surface area contributed by atoms with Crippen LogP contribution in [0.5, 0.6) is 0 Å². The molecule has 0 bridgehead atoms. The van der Waals surface area contributed by atoms with Gasteiger partial charge in [-0.15, -0.1) is 5.10 Å². The Balaban J connectivity index is 1.77. The molecule has 1 aliphatic rings. The predicted octanol–water partition coefficient (Wildman–Crippen LogP) is 1.64. The van der Waals surface area contributed by atoms with Crippen molar-refractivity contribution in [2.75, 3.05) is 13.6 Å². The van der Waals surface area contributed by atoms with Crippen molar-refractivity contribution in [2.24, 2.45) is 11.1 Å². The van der Waals surface area contributed by atoms with Crippen LogP contribution < -0.4 is 5.73 Å². The minimum Gasteiger partial charge on any atom is -0.325 e. The Morgan fingerprint density at radius 3 is 2.68 bits per heavy atom. The van der Waals surface area contributed by atoms with Crippen molar-refractivity contribution in [3.63, 3.8) is 0 Å². The monoisotopic (exact) mass is 265 g/mol. The summed E-state index contributed by atoms with van der Waals surface area (Å²) < 4.78 is 1.89. The highest BCUT2D eigenvalue weighted by Crippen LogP contribution is 2.36. The lowest BCUT2D eigenvalue weighted by Gasteiger charge is -2.38. The molecular formula is C14H27N5. The highest BCUT2D eigenvalue weighted by Gasteiger charge is 2.28. The van der Waals surface area contributed by atoms with Crippen molar-refractivity contribution < 1.29 is 0 Å². The number of hydrogen-bond donors (Lipinski definition) is 1. The molecular weight excluding hydrogens is 238 g/mol. The second kappa shape index (κ2) is 6.01. The summed E-state index contributed by atoms with van der Waals surface area (Å²) in [5.41, 5.74) is 6.94. The second-order valence-corrected chi connectivity index (χ2v) is 6.55. The van der Waals surface area contributed by atoms with Crippen LogP contribution in [0.2, 0.25) is 0 Å². The van der Waals surface area contributed by atoms with E-state index in [2.05, 4.69) is 36.1 Å². The lowest BCUT2D eigenvalue weighted by molar-refractivity contribution is 0.124. The van der Waals surface area contributed by atoms with Crippen molar-refractivity contribution in [2.45, 2.75) is 58.7 Å². The van der Waals surface area contributed by atoms with Crippen LogP contribution in [-0.2, 0) is 13.1 Å². The summed E-state index contributed by atoms with van der Waals surface area (Å²) in [6.07, 6.45) is 7.24. The van der Waals surface area contributed by atoms with E-state index in [1.165, 1.54) is 25.7 Å². The molecule has 0 unspecified atom stereocenters. The molecule has 0 radical (unpaired) electrons. The zero-order chi connectivity index (χ0) is 13.9. The molecule has 1 fully saturated rings. The maximum Gasteiger partial charge on any atom is 0.0962 e.